The van der Waals surface area contributed by atoms with Crippen molar-refractivity contribution in [2.45, 2.75) is 75.5 Å². The third-order valence-electron chi connectivity index (χ3n) is 10.4. The number of alkyl halides is 1. The fraction of sp³-hybridized carbons (Fsp3) is 0.457. The number of aromatic hydroxyl groups is 1. The first kappa shape index (κ1) is 28.4. The molecule has 1 unspecified atom stereocenters. The fourth-order valence-corrected chi connectivity index (χ4v) is 8.30. The van der Waals surface area contributed by atoms with Crippen molar-refractivity contribution in [3.63, 3.8) is 0 Å². The number of ether oxygens (including phenoxy) is 1. The summed E-state index contributed by atoms with van der Waals surface area (Å²) in [6, 6.07) is 5.83. The summed E-state index contributed by atoms with van der Waals surface area (Å²) in [5.74, 6) is 1.55. The minimum absolute atomic E-state index is 0.0291. The van der Waals surface area contributed by atoms with Crippen LogP contribution in [0.2, 0.25) is 0 Å². The second kappa shape index (κ2) is 10.8. The normalized spacial score (nSPS) is 24.7. The number of phenols is 1. The van der Waals surface area contributed by atoms with E-state index in [-0.39, 0.29) is 46.7 Å². The van der Waals surface area contributed by atoms with Gasteiger partial charge in [0.05, 0.1) is 22.2 Å². The number of aromatic nitrogens is 3. The van der Waals surface area contributed by atoms with Crippen LogP contribution in [0.15, 0.2) is 24.3 Å². The highest BCUT2D eigenvalue weighted by Gasteiger charge is 2.49. The van der Waals surface area contributed by atoms with Crippen molar-refractivity contribution < 1.29 is 23.0 Å². The van der Waals surface area contributed by atoms with Gasteiger partial charge < -0.3 is 14.7 Å². The van der Waals surface area contributed by atoms with E-state index in [1.54, 1.807) is 0 Å². The van der Waals surface area contributed by atoms with Gasteiger partial charge in [-0.1, -0.05) is 24.8 Å². The zero-order valence-electron chi connectivity index (χ0n) is 25.0. The smallest absolute Gasteiger partial charge is 0.319 e. The van der Waals surface area contributed by atoms with Crippen molar-refractivity contribution in [2.24, 2.45) is 0 Å². The molecule has 2 aromatic carbocycles. The summed E-state index contributed by atoms with van der Waals surface area (Å²) >= 11 is 0. The number of phenolic OH excluding ortho intramolecular Hbond substituents is 1. The van der Waals surface area contributed by atoms with Crippen molar-refractivity contribution in [1.82, 2.24) is 19.9 Å². The molecule has 3 saturated heterocycles. The summed E-state index contributed by atoms with van der Waals surface area (Å²) in [6.07, 6.45) is 12.6. The van der Waals surface area contributed by atoms with Crippen molar-refractivity contribution >= 4 is 27.5 Å². The molecule has 1 N–H and O–H groups in total. The maximum absolute atomic E-state index is 17.0. The average molecular weight is 614 g/mol. The van der Waals surface area contributed by atoms with Crippen molar-refractivity contribution in [3.8, 4) is 35.4 Å². The third kappa shape index (κ3) is 4.58. The topological polar surface area (TPSA) is 74.6 Å². The molecule has 6 heterocycles. The number of hydrogen-bond donors (Lipinski definition) is 1. The molecule has 3 atom stereocenters. The molecule has 4 aliphatic heterocycles. The van der Waals surface area contributed by atoms with E-state index in [4.69, 9.17) is 21.1 Å². The Morgan fingerprint density at radius 3 is 2.80 bits per heavy atom. The van der Waals surface area contributed by atoms with Crippen LogP contribution in [-0.2, 0) is 6.42 Å². The zero-order chi connectivity index (χ0) is 30.9. The van der Waals surface area contributed by atoms with Crippen LogP contribution in [0.1, 0.15) is 62.6 Å². The van der Waals surface area contributed by atoms with Crippen LogP contribution in [0, 0.1) is 24.0 Å². The van der Waals surface area contributed by atoms with Crippen molar-refractivity contribution in [2.75, 3.05) is 31.1 Å². The van der Waals surface area contributed by atoms with Gasteiger partial charge in [-0.2, -0.15) is 9.97 Å². The molecule has 0 spiro atoms. The molecule has 7 nitrogen and oxygen atoms in total. The monoisotopic (exact) mass is 613 g/mol. The van der Waals surface area contributed by atoms with E-state index in [2.05, 4.69) is 20.7 Å². The predicted molar refractivity (Wildman–Crippen MR) is 166 cm³/mol. The SMILES string of the molecule is C#Cc1c(F)ccc2cc(O)cc(-c3nc4c5c(nc(OCC67CCCN6C[C@H](F)C7)nc5c3F)N3CCCCC[C@H]3CC4)c12. The first-order valence-electron chi connectivity index (χ1n) is 16.0. The molecule has 4 aromatic rings. The molecular weight excluding hydrogens is 579 g/mol. The Morgan fingerprint density at radius 1 is 1.04 bits per heavy atom. The number of hydrogen-bond acceptors (Lipinski definition) is 7. The summed E-state index contributed by atoms with van der Waals surface area (Å²) in [5, 5.41) is 11.9. The van der Waals surface area contributed by atoms with Crippen LogP contribution in [0.25, 0.3) is 32.9 Å². The van der Waals surface area contributed by atoms with Crippen LogP contribution < -0.4 is 9.64 Å². The van der Waals surface area contributed by atoms with E-state index in [1.165, 1.54) is 24.3 Å². The number of nitrogens with zero attached hydrogens (tertiary/aromatic N) is 5. The Morgan fingerprint density at radius 2 is 1.93 bits per heavy atom. The maximum atomic E-state index is 17.0. The Labute approximate surface area is 259 Å². The zero-order valence-corrected chi connectivity index (χ0v) is 25.0. The van der Waals surface area contributed by atoms with E-state index in [1.807, 2.05) is 0 Å². The minimum Gasteiger partial charge on any atom is -0.508 e. The van der Waals surface area contributed by atoms with Gasteiger partial charge in [-0.25, -0.2) is 18.2 Å². The van der Waals surface area contributed by atoms with Gasteiger partial charge in [0.15, 0.2) is 5.82 Å². The summed E-state index contributed by atoms with van der Waals surface area (Å²) in [7, 11) is 0. The molecular formula is C35H34F3N5O2. The Kier molecular flexibility index (Phi) is 6.79. The average Bonchev–Trinajstić information content (AvgIpc) is 3.38. The standard InChI is InChI=1S/C35H34F3N5O2/c1-2-24-26(37)10-8-20-15-23(44)16-25(28(20)24)31-30(38)32-29-27(39-31)11-9-22-7-4-3-5-14-43(22)33(29)41-34(40-32)45-19-35-12-6-13-42(35)18-21(36)17-35/h1,8,10,15-16,21-22,44H,3-7,9,11-14,17-19H2/t21-,22+,35?/m1/s1. The Balaban J connectivity index is 1.33. The lowest BCUT2D eigenvalue weighted by Crippen LogP contribution is -2.43. The summed E-state index contributed by atoms with van der Waals surface area (Å²) < 4.78 is 52.7. The molecule has 45 heavy (non-hydrogen) atoms. The number of halogens is 3. The van der Waals surface area contributed by atoms with E-state index in [0.29, 0.717) is 47.1 Å². The van der Waals surface area contributed by atoms with Crippen LogP contribution in [0.3, 0.4) is 0 Å². The molecule has 0 radical (unpaired) electrons. The quantitative estimate of drug-likeness (QED) is 0.265. The first-order valence-corrected chi connectivity index (χ1v) is 16.0. The van der Waals surface area contributed by atoms with Crippen molar-refractivity contribution in [1.29, 1.82) is 0 Å². The van der Waals surface area contributed by atoms with Gasteiger partial charge in [0.1, 0.15) is 41.4 Å². The van der Waals surface area contributed by atoms with E-state index >= 15 is 4.39 Å². The molecule has 0 aliphatic carbocycles. The highest BCUT2D eigenvalue weighted by Crippen LogP contribution is 2.44. The molecule has 2 aromatic heterocycles. The highest BCUT2D eigenvalue weighted by molar-refractivity contribution is 6.03. The number of aryl methyl sites for hydroxylation is 1. The van der Waals surface area contributed by atoms with E-state index < -0.39 is 23.3 Å². The molecule has 0 saturated carbocycles. The molecule has 4 aliphatic rings. The number of benzene rings is 2. The lowest BCUT2D eigenvalue weighted by atomic mass is 9.95. The van der Waals surface area contributed by atoms with Gasteiger partial charge in [0.2, 0.25) is 0 Å². The van der Waals surface area contributed by atoms with Crippen LogP contribution in [0.5, 0.6) is 11.8 Å². The number of anilines is 1. The van der Waals surface area contributed by atoms with Gasteiger partial charge in [-0.15, -0.1) is 6.42 Å². The Hall–Kier alpha value is -4.10. The summed E-state index contributed by atoms with van der Waals surface area (Å²) in [4.78, 5) is 18.9. The van der Waals surface area contributed by atoms with Gasteiger partial charge in [0, 0.05) is 36.5 Å². The van der Waals surface area contributed by atoms with Crippen LogP contribution >= 0.6 is 0 Å². The van der Waals surface area contributed by atoms with Gasteiger partial charge in [-0.3, -0.25) is 4.90 Å². The first-order chi connectivity index (χ1) is 21.8. The van der Waals surface area contributed by atoms with E-state index in [0.717, 1.165) is 58.0 Å². The molecule has 0 bridgehead atoms. The fourth-order valence-electron chi connectivity index (χ4n) is 8.30. The maximum Gasteiger partial charge on any atom is 0.319 e. The minimum atomic E-state index is -0.905. The molecule has 8 rings (SSSR count). The lowest BCUT2D eigenvalue weighted by molar-refractivity contribution is 0.107. The number of rotatable bonds is 4. The van der Waals surface area contributed by atoms with Crippen LogP contribution in [-0.4, -0.2) is 69.0 Å². The highest BCUT2D eigenvalue weighted by atomic mass is 19.1. The van der Waals surface area contributed by atoms with Gasteiger partial charge in [0.25, 0.3) is 0 Å². The lowest BCUT2D eigenvalue weighted by Gasteiger charge is -2.32. The number of terminal acetylenes is 1. The number of pyridine rings is 1. The molecule has 0 amide bonds. The van der Waals surface area contributed by atoms with Gasteiger partial charge >= 0.3 is 6.01 Å². The molecule has 10 heteroatoms. The Bertz CT molecular complexity index is 1890. The van der Waals surface area contributed by atoms with Crippen LogP contribution in [0.4, 0.5) is 19.0 Å². The van der Waals surface area contributed by atoms with Crippen molar-refractivity contribution in [3.05, 3.63) is 47.2 Å². The second-order valence-corrected chi connectivity index (χ2v) is 13.0. The second-order valence-electron chi connectivity index (χ2n) is 13.0. The number of fused-ring (bicyclic) bond motifs is 4. The summed E-state index contributed by atoms with van der Waals surface area (Å²) in [5.41, 5.74) is 0.381. The van der Waals surface area contributed by atoms with E-state index in [9.17, 15) is 13.9 Å². The largest absolute Gasteiger partial charge is 0.508 e. The third-order valence-corrected chi connectivity index (χ3v) is 10.4. The molecule has 3 fully saturated rings. The predicted octanol–water partition coefficient (Wildman–Crippen LogP) is 6.46. The van der Waals surface area contributed by atoms with Gasteiger partial charge in [-0.05, 0) is 68.7 Å². The molecule has 232 valence electrons. The summed E-state index contributed by atoms with van der Waals surface area (Å²) in [6.45, 7) is 2.22.